The molecule has 4 heterocycles. The molecule has 2 aliphatic carbocycles. The van der Waals surface area contributed by atoms with Crippen molar-refractivity contribution in [2.45, 2.75) is 32.6 Å². The Morgan fingerprint density at radius 2 is 1.55 bits per heavy atom. The second-order valence-corrected chi connectivity index (χ2v) is 16.9. The number of rotatable bonds is 4. The van der Waals surface area contributed by atoms with Crippen molar-refractivity contribution in [1.82, 2.24) is 9.78 Å². The van der Waals surface area contributed by atoms with Crippen LogP contribution in [0.3, 0.4) is 0 Å². The molecule has 6 atom stereocenters. The van der Waals surface area contributed by atoms with E-state index in [0.29, 0.717) is 37.8 Å². The fourth-order valence-corrected chi connectivity index (χ4v) is 11.0. The number of thiophene rings is 1. The number of aryl methyl sites for hydroxylation is 2. The fraction of sp³-hybridized carbons (Fsp3) is 0.275. The molecule has 3 aromatic carbocycles. The molecule has 0 bridgehead atoms. The van der Waals surface area contributed by atoms with E-state index >= 15 is 4.79 Å². The Morgan fingerprint density at radius 1 is 0.849 bits per heavy atom. The average Bonchev–Trinajstić information content (AvgIpc) is 3.80. The molecule has 0 radical (unpaired) electrons. The van der Waals surface area contributed by atoms with Crippen LogP contribution in [0.25, 0.3) is 20.7 Å². The van der Waals surface area contributed by atoms with E-state index < -0.39 is 46.8 Å². The molecule has 3 fully saturated rings. The van der Waals surface area contributed by atoms with E-state index in [-0.39, 0.29) is 30.4 Å². The van der Waals surface area contributed by atoms with Crippen LogP contribution in [0.2, 0.25) is 15.1 Å². The van der Waals surface area contributed by atoms with Crippen molar-refractivity contribution < 1.29 is 24.3 Å². The molecule has 1 N–H and O–H groups in total. The van der Waals surface area contributed by atoms with Gasteiger partial charge in [-0.15, -0.1) is 11.3 Å². The summed E-state index contributed by atoms with van der Waals surface area (Å²) in [7, 11) is 1.70. The number of allylic oxidation sites excluding steroid dienone is 2. The van der Waals surface area contributed by atoms with E-state index in [1.54, 1.807) is 72.5 Å². The van der Waals surface area contributed by atoms with Gasteiger partial charge in [0.1, 0.15) is 17.3 Å². The second-order valence-electron chi connectivity index (χ2n) is 14.6. The Morgan fingerprint density at radius 3 is 2.30 bits per heavy atom. The minimum Gasteiger partial charge on any atom is -0.508 e. The second kappa shape index (κ2) is 12.0. The van der Waals surface area contributed by atoms with Gasteiger partial charge in [-0.3, -0.25) is 28.8 Å². The Hall–Kier alpha value is -4.48. The first-order valence-corrected chi connectivity index (χ1v) is 19.2. The quantitative estimate of drug-likeness (QED) is 0.144. The molecule has 0 spiro atoms. The zero-order valence-electron chi connectivity index (χ0n) is 28.6. The number of phenolic OH excluding ortho intramolecular Hbond substituents is 1. The lowest BCUT2D eigenvalue weighted by Gasteiger charge is -2.49. The fourth-order valence-electron chi connectivity index (χ4n) is 9.39. The van der Waals surface area contributed by atoms with Crippen LogP contribution in [-0.2, 0) is 26.2 Å². The third kappa shape index (κ3) is 4.85. The number of aromatic hydroxyl groups is 1. The molecular weight excluding hydrogens is 755 g/mol. The van der Waals surface area contributed by atoms with Crippen molar-refractivity contribution in [1.29, 1.82) is 0 Å². The van der Waals surface area contributed by atoms with Gasteiger partial charge in [-0.1, -0.05) is 46.5 Å². The number of carbonyl (C=O) groups excluding carboxylic acids is 4. The highest BCUT2D eigenvalue weighted by molar-refractivity contribution is 7.22. The number of benzene rings is 3. The normalized spacial score (nSPS) is 26.7. The number of hydrogen-bond donors (Lipinski definition) is 1. The molecule has 9 nitrogen and oxygen atoms in total. The van der Waals surface area contributed by atoms with E-state index in [1.165, 1.54) is 15.9 Å². The number of halogens is 3. The summed E-state index contributed by atoms with van der Waals surface area (Å²) >= 11 is 20.5. The number of nitrogens with zero attached hydrogens (tertiary/aromatic N) is 4. The first kappa shape index (κ1) is 34.3. The highest BCUT2D eigenvalue weighted by atomic mass is 35.5. The maximum atomic E-state index is 15.0. The summed E-state index contributed by atoms with van der Waals surface area (Å²) < 4.78 is 2.58. The van der Waals surface area contributed by atoms with Gasteiger partial charge in [-0.2, -0.15) is 5.10 Å². The number of aromatic nitrogens is 2. The zero-order chi connectivity index (χ0) is 37.2. The van der Waals surface area contributed by atoms with Crippen molar-refractivity contribution in [2.75, 3.05) is 9.80 Å². The summed E-state index contributed by atoms with van der Waals surface area (Å²) in [6, 6.07) is 18.7. The highest BCUT2D eigenvalue weighted by Crippen LogP contribution is 2.64. The molecule has 4 aliphatic rings. The van der Waals surface area contributed by atoms with Crippen LogP contribution < -0.4 is 9.80 Å². The molecule has 1 saturated carbocycles. The number of anilines is 2. The first-order valence-electron chi connectivity index (χ1n) is 17.2. The minimum absolute atomic E-state index is 0.0819. The lowest BCUT2D eigenvalue weighted by Crippen LogP contribution is -2.49. The monoisotopic (exact) mass is 784 g/mol. The lowest BCUT2D eigenvalue weighted by molar-refractivity contribution is -0.131. The molecule has 5 aromatic rings. The van der Waals surface area contributed by atoms with Gasteiger partial charge in [0.2, 0.25) is 23.6 Å². The number of imide groups is 2. The third-order valence-electron chi connectivity index (χ3n) is 11.9. The van der Waals surface area contributed by atoms with E-state index in [2.05, 4.69) is 0 Å². The van der Waals surface area contributed by atoms with Crippen molar-refractivity contribution in [3.8, 4) is 16.3 Å². The molecule has 9 rings (SSSR count). The van der Waals surface area contributed by atoms with Gasteiger partial charge >= 0.3 is 0 Å². The van der Waals surface area contributed by atoms with Gasteiger partial charge in [0.15, 0.2) is 0 Å². The van der Waals surface area contributed by atoms with Gasteiger partial charge in [0.05, 0.1) is 33.7 Å². The molecule has 13 heteroatoms. The van der Waals surface area contributed by atoms with E-state index in [9.17, 15) is 19.5 Å². The topological polar surface area (TPSA) is 113 Å². The van der Waals surface area contributed by atoms with Crippen molar-refractivity contribution >= 4 is 91.4 Å². The van der Waals surface area contributed by atoms with E-state index in [1.807, 2.05) is 31.2 Å². The Balaban J connectivity index is 1.16. The minimum atomic E-state index is -1.37. The maximum absolute atomic E-state index is 15.0. The van der Waals surface area contributed by atoms with Crippen LogP contribution in [0.5, 0.6) is 5.75 Å². The standard InChI is InChI=1S/C40H31Cl3N4O5S/c1-18-25-14-21(43)7-13-31(25)53-35(18)29-17-32(45(3)44-29)47-37(50)28-16-26-23(34(40(28,2)39(47)52)27-15-20(42)6-12-30(27)48)10-11-24-33(26)38(51)46(36(24)49)22-8-4-19(41)5-9-22/h4-10,12-15,17,24,26,28,33-34,48H,11,16H2,1-3H3/t24-,26+,28-,33-,34+,40+/m0/s1. The van der Waals surface area contributed by atoms with Crippen molar-refractivity contribution in [3.05, 3.63) is 105 Å². The molecule has 0 unspecified atom stereocenters. The molecule has 268 valence electrons. The van der Waals surface area contributed by atoms with Crippen LogP contribution in [0.15, 0.2) is 78.4 Å². The lowest BCUT2D eigenvalue weighted by atomic mass is 9.51. The highest BCUT2D eigenvalue weighted by Gasteiger charge is 2.68. The van der Waals surface area contributed by atoms with Crippen LogP contribution >= 0.6 is 46.1 Å². The maximum Gasteiger partial charge on any atom is 0.242 e. The predicted molar refractivity (Wildman–Crippen MR) is 205 cm³/mol. The molecule has 53 heavy (non-hydrogen) atoms. The number of carbonyl (C=O) groups is 4. The molecule has 2 aliphatic heterocycles. The summed E-state index contributed by atoms with van der Waals surface area (Å²) in [5.41, 5.74) is 1.78. The Kier molecular flexibility index (Phi) is 7.77. The van der Waals surface area contributed by atoms with Gasteiger partial charge in [-0.25, -0.2) is 4.90 Å². The van der Waals surface area contributed by atoms with Gasteiger partial charge in [0.25, 0.3) is 0 Å². The van der Waals surface area contributed by atoms with E-state index in [4.69, 9.17) is 39.9 Å². The number of phenols is 1. The number of amides is 4. The van der Waals surface area contributed by atoms with Crippen molar-refractivity contribution in [2.24, 2.45) is 36.1 Å². The number of fused-ring (bicyclic) bond motifs is 5. The largest absolute Gasteiger partial charge is 0.508 e. The summed E-state index contributed by atoms with van der Waals surface area (Å²) in [4.78, 5) is 61.4. The van der Waals surface area contributed by atoms with Gasteiger partial charge in [0, 0.05) is 44.4 Å². The van der Waals surface area contributed by atoms with Crippen molar-refractivity contribution in [3.63, 3.8) is 0 Å². The Labute approximate surface area is 323 Å². The Bertz CT molecular complexity index is 2490. The SMILES string of the molecule is Cc1c(-c2cc(N3C(=O)[C@@H]4C[C@@H]5C(=CC[C@@H]6C(=O)N(c7ccc(Cl)cc7)C(=O)[C@@H]65)[C@H](c5cc(Cl)ccc5O)[C@]4(C)C3=O)n(C)n2)sc2ccc(Cl)cc12. The summed E-state index contributed by atoms with van der Waals surface area (Å²) in [6.07, 6.45) is 2.37. The predicted octanol–water partition coefficient (Wildman–Crippen LogP) is 8.71. The van der Waals surface area contributed by atoms with Crippen LogP contribution in [0, 0.1) is 36.0 Å². The van der Waals surface area contributed by atoms with Crippen LogP contribution in [0.1, 0.15) is 36.8 Å². The molecule has 2 aromatic heterocycles. The van der Waals surface area contributed by atoms with Gasteiger partial charge < -0.3 is 5.11 Å². The molecule has 2 saturated heterocycles. The smallest absolute Gasteiger partial charge is 0.242 e. The van der Waals surface area contributed by atoms with E-state index in [0.717, 1.165) is 26.1 Å². The molecule has 4 amide bonds. The summed E-state index contributed by atoms with van der Waals surface area (Å²) in [5.74, 6) is -4.99. The average molecular weight is 786 g/mol. The first-order chi connectivity index (χ1) is 25.3. The zero-order valence-corrected chi connectivity index (χ0v) is 31.7. The number of hydrogen-bond acceptors (Lipinski definition) is 7. The third-order valence-corrected chi connectivity index (χ3v) is 13.9. The summed E-state index contributed by atoms with van der Waals surface area (Å²) in [5, 5.41) is 18.6. The van der Waals surface area contributed by atoms with Gasteiger partial charge in [-0.05, 0) is 104 Å². The van der Waals surface area contributed by atoms with Crippen LogP contribution in [-0.4, -0.2) is 38.5 Å². The molecular formula is C40H31Cl3N4O5S. The van der Waals surface area contributed by atoms with Crippen LogP contribution in [0.4, 0.5) is 11.5 Å². The summed E-state index contributed by atoms with van der Waals surface area (Å²) in [6.45, 7) is 3.76.